The number of benzene rings is 2. The van der Waals surface area contributed by atoms with Gasteiger partial charge in [-0.15, -0.1) is 0 Å². The van der Waals surface area contributed by atoms with E-state index in [9.17, 15) is 14.4 Å². The van der Waals surface area contributed by atoms with Gasteiger partial charge >= 0.3 is 0 Å². The summed E-state index contributed by atoms with van der Waals surface area (Å²) in [5.74, 6) is -1.09. The predicted molar refractivity (Wildman–Crippen MR) is 106 cm³/mol. The van der Waals surface area contributed by atoms with E-state index in [2.05, 4.69) is 26.1 Å². The number of ether oxygens (including phenoxy) is 1. The maximum Gasteiger partial charge on any atom is 0.266 e. The Balaban J connectivity index is 1.72. The number of nitrogens with zero attached hydrogens (tertiary/aromatic N) is 2. The number of hydrogen-bond donors (Lipinski definition) is 1. The van der Waals surface area contributed by atoms with E-state index in [1.807, 2.05) is 18.2 Å². The molecule has 0 atom stereocenters. The van der Waals surface area contributed by atoms with Crippen molar-refractivity contribution < 1.29 is 13.9 Å². The summed E-state index contributed by atoms with van der Waals surface area (Å²) in [6, 6.07) is 13.5. The molecule has 1 aliphatic rings. The summed E-state index contributed by atoms with van der Waals surface area (Å²) < 4.78 is 19.9. The molecule has 5 nitrogen and oxygen atoms in total. The van der Waals surface area contributed by atoms with Crippen LogP contribution in [0.3, 0.4) is 0 Å². The normalized spacial score (nSPS) is 14.6. The van der Waals surface area contributed by atoms with Crippen LogP contribution in [0, 0.1) is 17.1 Å². The van der Waals surface area contributed by atoms with E-state index >= 15 is 0 Å². The van der Waals surface area contributed by atoms with E-state index in [1.165, 1.54) is 18.2 Å². The minimum atomic E-state index is -0.587. The van der Waals surface area contributed by atoms with Gasteiger partial charge in [-0.3, -0.25) is 4.79 Å². The zero-order chi connectivity index (χ0) is 19.2. The molecule has 138 valence electrons. The first kappa shape index (κ1) is 19.1. The van der Waals surface area contributed by atoms with Gasteiger partial charge in [0.25, 0.3) is 5.91 Å². The Hall–Kier alpha value is -2.69. The first-order chi connectivity index (χ1) is 13.1. The van der Waals surface area contributed by atoms with Gasteiger partial charge in [-0.25, -0.2) is 4.39 Å². The average Bonchev–Trinajstić information content (AvgIpc) is 2.69. The molecule has 2 aromatic carbocycles. The highest BCUT2D eigenvalue weighted by atomic mass is 79.9. The Morgan fingerprint density at radius 3 is 2.59 bits per heavy atom. The molecule has 3 rings (SSSR count). The van der Waals surface area contributed by atoms with E-state index in [0.717, 1.165) is 18.8 Å². The lowest BCUT2D eigenvalue weighted by Gasteiger charge is -2.28. The van der Waals surface area contributed by atoms with Gasteiger partial charge in [0.05, 0.1) is 13.2 Å². The van der Waals surface area contributed by atoms with Crippen molar-refractivity contribution in [2.24, 2.45) is 0 Å². The first-order valence-corrected chi connectivity index (χ1v) is 9.17. The monoisotopic (exact) mass is 429 g/mol. The highest BCUT2D eigenvalue weighted by Crippen LogP contribution is 2.21. The maximum absolute atomic E-state index is 13.9. The number of amides is 1. The lowest BCUT2D eigenvalue weighted by Crippen LogP contribution is -2.36. The summed E-state index contributed by atoms with van der Waals surface area (Å²) in [4.78, 5) is 14.6. The molecule has 0 bridgehead atoms. The van der Waals surface area contributed by atoms with Crippen LogP contribution in [0.25, 0.3) is 6.08 Å². The van der Waals surface area contributed by atoms with E-state index in [0.29, 0.717) is 23.4 Å². The molecule has 1 saturated heterocycles. The van der Waals surface area contributed by atoms with E-state index < -0.39 is 11.7 Å². The maximum atomic E-state index is 13.9. The molecule has 0 aromatic heterocycles. The van der Waals surface area contributed by atoms with Crippen molar-refractivity contribution >= 4 is 39.3 Å². The Labute approximate surface area is 165 Å². The third-order valence-corrected chi connectivity index (χ3v) is 4.62. The molecule has 0 spiro atoms. The minimum absolute atomic E-state index is 0.166. The summed E-state index contributed by atoms with van der Waals surface area (Å²) in [6.07, 6.45) is 1.23. The lowest BCUT2D eigenvalue weighted by molar-refractivity contribution is -0.112. The molecule has 1 fully saturated rings. The Bertz CT molecular complexity index is 900. The fourth-order valence-corrected chi connectivity index (χ4v) is 3.08. The van der Waals surface area contributed by atoms with Crippen LogP contribution in [0.15, 0.2) is 52.5 Å². The number of carbonyl (C=O) groups is 1. The largest absolute Gasteiger partial charge is 0.378 e. The third kappa shape index (κ3) is 4.94. The molecular weight excluding hydrogens is 413 g/mol. The quantitative estimate of drug-likeness (QED) is 0.589. The third-order valence-electron chi connectivity index (χ3n) is 4.12. The Morgan fingerprint density at radius 2 is 1.93 bits per heavy atom. The standard InChI is InChI=1S/C20H17BrFN3O2/c21-16-1-6-19(22)14(12-16)11-15(13-23)20(26)24-17-2-4-18(5-3-17)25-7-9-27-10-8-25/h1-6,11-12H,7-10H2,(H,24,26)/b15-11+. The molecule has 0 radical (unpaired) electrons. The molecule has 0 saturated carbocycles. The molecular formula is C20H17BrFN3O2. The highest BCUT2D eigenvalue weighted by Gasteiger charge is 2.13. The van der Waals surface area contributed by atoms with Crippen LogP contribution in [0.2, 0.25) is 0 Å². The zero-order valence-corrected chi connectivity index (χ0v) is 16.0. The fourth-order valence-electron chi connectivity index (χ4n) is 2.70. The van der Waals surface area contributed by atoms with Crippen molar-refractivity contribution in [3.05, 3.63) is 63.9 Å². The molecule has 7 heteroatoms. The molecule has 27 heavy (non-hydrogen) atoms. The second kappa shape index (κ2) is 8.80. The van der Waals surface area contributed by atoms with Gasteiger partial charge in [-0.05, 0) is 48.5 Å². The van der Waals surface area contributed by atoms with Gasteiger partial charge in [0, 0.05) is 34.5 Å². The SMILES string of the molecule is N#C/C(=C\c1cc(Br)ccc1F)C(=O)Nc1ccc(N2CCOCC2)cc1. The summed E-state index contributed by atoms with van der Waals surface area (Å²) in [5.41, 5.74) is 1.60. The lowest BCUT2D eigenvalue weighted by atomic mass is 10.1. The topological polar surface area (TPSA) is 65.4 Å². The van der Waals surface area contributed by atoms with Crippen LogP contribution in [0.4, 0.5) is 15.8 Å². The molecule has 2 aromatic rings. The first-order valence-electron chi connectivity index (χ1n) is 8.38. The van der Waals surface area contributed by atoms with Gasteiger partial charge in [0.15, 0.2) is 0 Å². The van der Waals surface area contributed by atoms with Gasteiger partial charge in [0.2, 0.25) is 0 Å². The van der Waals surface area contributed by atoms with Crippen LogP contribution in [-0.2, 0) is 9.53 Å². The molecule has 1 N–H and O–H groups in total. The second-order valence-corrected chi connectivity index (χ2v) is 6.85. The number of hydrogen-bond acceptors (Lipinski definition) is 4. The van der Waals surface area contributed by atoms with Crippen LogP contribution in [0.1, 0.15) is 5.56 Å². The van der Waals surface area contributed by atoms with Crippen LogP contribution in [-0.4, -0.2) is 32.2 Å². The van der Waals surface area contributed by atoms with Crippen molar-refractivity contribution in [1.82, 2.24) is 0 Å². The highest BCUT2D eigenvalue weighted by molar-refractivity contribution is 9.10. The summed E-state index contributed by atoms with van der Waals surface area (Å²) in [5, 5.41) is 11.9. The second-order valence-electron chi connectivity index (χ2n) is 5.94. The summed E-state index contributed by atoms with van der Waals surface area (Å²) in [7, 11) is 0. The van der Waals surface area contributed by atoms with Crippen molar-refractivity contribution in [2.75, 3.05) is 36.5 Å². The zero-order valence-electron chi connectivity index (χ0n) is 14.4. The summed E-state index contributed by atoms with van der Waals surface area (Å²) >= 11 is 3.25. The summed E-state index contributed by atoms with van der Waals surface area (Å²) in [6.45, 7) is 3.04. The fraction of sp³-hybridized carbons (Fsp3) is 0.200. The molecule has 1 amide bonds. The molecule has 1 heterocycles. The van der Waals surface area contributed by atoms with Gasteiger partial charge in [-0.1, -0.05) is 15.9 Å². The van der Waals surface area contributed by atoms with Crippen molar-refractivity contribution in [3.63, 3.8) is 0 Å². The predicted octanol–water partition coefficient (Wildman–Crippen LogP) is 3.97. The minimum Gasteiger partial charge on any atom is -0.378 e. The number of halogens is 2. The number of carbonyl (C=O) groups excluding carboxylic acids is 1. The molecule has 1 aliphatic heterocycles. The van der Waals surface area contributed by atoms with Crippen molar-refractivity contribution in [2.45, 2.75) is 0 Å². The number of morpholine rings is 1. The van der Waals surface area contributed by atoms with Crippen LogP contribution in [0.5, 0.6) is 0 Å². The van der Waals surface area contributed by atoms with Gasteiger partial charge < -0.3 is 15.0 Å². The van der Waals surface area contributed by atoms with Gasteiger partial charge in [-0.2, -0.15) is 5.26 Å². The Morgan fingerprint density at radius 1 is 1.22 bits per heavy atom. The van der Waals surface area contributed by atoms with Gasteiger partial charge in [0.1, 0.15) is 17.5 Å². The van der Waals surface area contributed by atoms with E-state index in [4.69, 9.17) is 4.74 Å². The molecule has 0 unspecified atom stereocenters. The number of anilines is 2. The van der Waals surface area contributed by atoms with Crippen molar-refractivity contribution in [1.29, 1.82) is 5.26 Å². The number of nitrogens with one attached hydrogen (secondary N) is 1. The van der Waals surface area contributed by atoms with Crippen molar-refractivity contribution in [3.8, 4) is 6.07 Å². The van der Waals surface area contributed by atoms with Crippen LogP contribution >= 0.6 is 15.9 Å². The van der Waals surface area contributed by atoms with E-state index in [1.54, 1.807) is 18.2 Å². The molecule has 0 aliphatic carbocycles. The number of nitriles is 1. The average molecular weight is 430 g/mol. The van der Waals surface area contributed by atoms with E-state index in [-0.39, 0.29) is 11.1 Å². The van der Waals surface area contributed by atoms with Crippen LogP contribution < -0.4 is 10.2 Å². The smallest absolute Gasteiger partial charge is 0.266 e. The Kier molecular flexibility index (Phi) is 6.22. The number of rotatable bonds is 4.